The van der Waals surface area contributed by atoms with Crippen molar-refractivity contribution in [1.29, 1.82) is 0 Å². The van der Waals surface area contributed by atoms with E-state index >= 15 is 0 Å². The number of hydrogen-bond donors (Lipinski definition) is 1. The van der Waals surface area contributed by atoms with Crippen molar-refractivity contribution in [3.8, 4) is 11.5 Å². The number of benzene rings is 3. The van der Waals surface area contributed by atoms with E-state index in [1.807, 2.05) is 0 Å². The number of ether oxygens (including phenoxy) is 2. The predicted octanol–water partition coefficient (Wildman–Crippen LogP) is 3.88. The van der Waals surface area contributed by atoms with Gasteiger partial charge in [0.15, 0.2) is 11.5 Å². The molecule has 3 aromatic carbocycles. The lowest BCUT2D eigenvalue weighted by Gasteiger charge is -2.24. The zero-order valence-electron chi connectivity index (χ0n) is 17.7. The smallest absolute Gasteiger partial charge is 0.264 e. The fourth-order valence-electron chi connectivity index (χ4n) is 2.95. The van der Waals surface area contributed by atoms with Crippen LogP contribution in [0.3, 0.4) is 0 Å². The first-order valence-electron chi connectivity index (χ1n) is 9.88. The lowest BCUT2D eigenvalue weighted by atomic mass is 10.3. The van der Waals surface area contributed by atoms with Crippen molar-refractivity contribution in [2.45, 2.75) is 4.90 Å². The lowest BCUT2D eigenvalue weighted by Crippen LogP contribution is -2.42. The van der Waals surface area contributed by atoms with Crippen LogP contribution in [0.5, 0.6) is 11.5 Å². The molecule has 0 unspecified atom stereocenters. The SMILES string of the molecule is COc1ccccc1OCCNC(=O)CN(c1ccc(F)c(Cl)c1)S(=O)(=O)c1ccccc1. The molecule has 0 aliphatic heterocycles. The van der Waals surface area contributed by atoms with Gasteiger partial charge in [0.25, 0.3) is 10.0 Å². The van der Waals surface area contributed by atoms with E-state index < -0.39 is 28.3 Å². The summed E-state index contributed by atoms with van der Waals surface area (Å²) in [5.41, 5.74) is 0.0608. The molecule has 0 heterocycles. The summed E-state index contributed by atoms with van der Waals surface area (Å²) in [6, 6.07) is 18.1. The Morgan fingerprint density at radius 1 is 1.03 bits per heavy atom. The maximum atomic E-state index is 13.6. The zero-order valence-corrected chi connectivity index (χ0v) is 19.3. The van der Waals surface area contributed by atoms with Crippen molar-refractivity contribution >= 4 is 33.2 Å². The second kappa shape index (κ2) is 11.0. The molecule has 33 heavy (non-hydrogen) atoms. The van der Waals surface area contributed by atoms with Crippen molar-refractivity contribution in [2.75, 3.05) is 31.1 Å². The molecule has 0 atom stereocenters. The maximum Gasteiger partial charge on any atom is 0.264 e. The van der Waals surface area contributed by atoms with Gasteiger partial charge >= 0.3 is 0 Å². The van der Waals surface area contributed by atoms with E-state index in [-0.39, 0.29) is 28.8 Å². The van der Waals surface area contributed by atoms with Gasteiger partial charge in [-0.25, -0.2) is 12.8 Å². The highest BCUT2D eigenvalue weighted by atomic mass is 35.5. The summed E-state index contributed by atoms with van der Waals surface area (Å²) in [4.78, 5) is 12.6. The molecule has 1 amide bonds. The van der Waals surface area contributed by atoms with Gasteiger partial charge in [0.05, 0.1) is 29.3 Å². The topological polar surface area (TPSA) is 84.9 Å². The fraction of sp³-hybridized carbons (Fsp3) is 0.174. The van der Waals surface area contributed by atoms with Gasteiger partial charge in [-0.2, -0.15) is 0 Å². The minimum atomic E-state index is -4.12. The number of anilines is 1. The summed E-state index contributed by atoms with van der Waals surface area (Å²) >= 11 is 5.85. The average molecular weight is 493 g/mol. The van der Waals surface area contributed by atoms with Crippen LogP contribution in [0.4, 0.5) is 10.1 Å². The molecule has 0 fully saturated rings. The van der Waals surface area contributed by atoms with Gasteiger partial charge in [-0.3, -0.25) is 9.10 Å². The van der Waals surface area contributed by atoms with Crippen molar-refractivity contribution in [3.63, 3.8) is 0 Å². The van der Waals surface area contributed by atoms with Crippen molar-refractivity contribution in [3.05, 3.63) is 83.6 Å². The zero-order chi connectivity index (χ0) is 23.8. The van der Waals surface area contributed by atoms with Gasteiger partial charge in [-0.1, -0.05) is 41.9 Å². The molecular formula is C23H22ClFN2O5S. The third kappa shape index (κ3) is 6.15. The third-order valence-corrected chi connectivity index (χ3v) is 6.64. The van der Waals surface area contributed by atoms with E-state index in [1.54, 1.807) is 42.5 Å². The molecule has 0 saturated heterocycles. The molecule has 174 valence electrons. The van der Waals surface area contributed by atoms with Crippen LogP contribution >= 0.6 is 11.6 Å². The molecule has 0 saturated carbocycles. The van der Waals surface area contributed by atoms with Crippen molar-refractivity contribution in [2.24, 2.45) is 0 Å². The normalized spacial score (nSPS) is 11.0. The first kappa shape index (κ1) is 24.3. The highest BCUT2D eigenvalue weighted by molar-refractivity contribution is 7.92. The Labute approximate surface area is 196 Å². The van der Waals surface area contributed by atoms with Crippen molar-refractivity contribution in [1.82, 2.24) is 5.32 Å². The number of methoxy groups -OCH3 is 1. The second-order valence-corrected chi connectivity index (χ2v) is 9.04. The quantitative estimate of drug-likeness (QED) is 0.434. The second-order valence-electron chi connectivity index (χ2n) is 6.77. The van der Waals surface area contributed by atoms with Crippen LogP contribution in [0.15, 0.2) is 77.7 Å². The summed E-state index contributed by atoms with van der Waals surface area (Å²) < 4.78 is 51.8. The molecule has 10 heteroatoms. The molecule has 0 radical (unpaired) electrons. The Hall–Kier alpha value is -3.30. The van der Waals surface area contributed by atoms with Gasteiger partial charge in [-0.05, 0) is 42.5 Å². The average Bonchev–Trinajstić information content (AvgIpc) is 2.83. The minimum Gasteiger partial charge on any atom is -0.493 e. The molecular weight excluding hydrogens is 471 g/mol. The Morgan fingerprint density at radius 2 is 1.70 bits per heavy atom. The monoisotopic (exact) mass is 492 g/mol. The molecule has 0 aliphatic carbocycles. The van der Waals surface area contributed by atoms with Crippen LogP contribution < -0.4 is 19.1 Å². The van der Waals surface area contributed by atoms with E-state index in [0.29, 0.717) is 11.5 Å². The Bertz CT molecular complexity index is 1210. The number of carbonyl (C=O) groups is 1. The number of para-hydroxylation sites is 2. The van der Waals surface area contributed by atoms with Crippen molar-refractivity contribution < 1.29 is 27.1 Å². The number of halogens is 2. The first-order valence-corrected chi connectivity index (χ1v) is 11.7. The molecule has 0 aliphatic rings. The van der Waals surface area contributed by atoms with Gasteiger partial charge in [-0.15, -0.1) is 0 Å². The predicted molar refractivity (Wildman–Crippen MR) is 124 cm³/mol. The lowest BCUT2D eigenvalue weighted by molar-refractivity contribution is -0.119. The van der Waals surface area contributed by atoms with E-state index in [9.17, 15) is 17.6 Å². The highest BCUT2D eigenvalue weighted by Gasteiger charge is 2.27. The van der Waals surface area contributed by atoms with Gasteiger partial charge in [0.2, 0.25) is 5.91 Å². The van der Waals surface area contributed by atoms with Crippen LogP contribution in [0.2, 0.25) is 5.02 Å². The Morgan fingerprint density at radius 3 is 2.36 bits per heavy atom. The van der Waals surface area contributed by atoms with Crippen LogP contribution in [0.1, 0.15) is 0 Å². The Balaban J connectivity index is 1.72. The largest absolute Gasteiger partial charge is 0.493 e. The molecule has 3 aromatic rings. The number of amides is 1. The van der Waals surface area contributed by atoms with Gasteiger partial charge in [0.1, 0.15) is 19.0 Å². The van der Waals surface area contributed by atoms with Gasteiger partial charge in [0, 0.05) is 0 Å². The molecule has 0 bridgehead atoms. The van der Waals surface area contributed by atoms with Crippen LogP contribution in [-0.2, 0) is 14.8 Å². The molecule has 0 spiro atoms. The van der Waals surface area contributed by atoms with E-state index in [0.717, 1.165) is 16.4 Å². The van der Waals surface area contributed by atoms with Gasteiger partial charge < -0.3 is 14.8 Å². The number of rotatable bonds is 10. The van der Waals surface area contributed by atoms with Crippen LogP contribution in [0.25, 0.3) is 0 Å². The van der Waals surface area contributed by atoms with Crippen LogP contribution in [0, 0.1) is 5.82 Å². The number of hydrogen-bond acceptors (Lipinski definition) is 5. The fourth-order valence-corrected chi connectivity index (χ4v) is 4.56. The van der Waals surface area contributed by atoms with Crippen LogP contribution in [-0.4, -0.2) is 41.1 Å². The molecule has 3 rings (SSSR count). The number of nitrogens with one attached hydrogen (secondary N) is 1. The summed E-state index contributed by atoms with van der Waals surface area (Å²) in [6.45, 7) is -0.270. The standard InChI is InChI=1S/C23H22ClFN2O5S/c1-31-21-9-5-6-10-22(21)32-14-13-26-23(28)16-27(17-11-12-20(25)19(24)15-17)33(29,30)18-7-3-2-4-8-18/h2-12,15H,13-14,16H2,1H3,(H,26,28). The highest BCUT2D eigenvalue weighted by Crippen LogP contribution is 2.28. The third-order valence-electron chi connectivity index (χ3n) is 4.56. The summed E-state index contributed by atoms with van der Waals surface area (Å²) in [6.07, 6.45) is 0. The van der Waals surface area contributed by atoms with E-state index in [4.69, 9.17) is 21.1 Å². The minimum absolute atomic E-state index is 0.0160. The number of nitrogens with zero attached hydrogens (tertiary/aromatic N) is 1. The van der Waals surface area contributed by atoms with E-state index in [2.05, 4.69) is 5.32 Å². The van der Waals surface area contributed by atoms with E-state index in [1.165, 1.54) is 25.3 Å². The summed E-state index contributed by atoms with van der Waals surface area (Å²) in [5, 5.41) is 2.36. The Kier molecular flexibility index (Phi) is 8.13. The maximum absolute atomic E-state index is 13.6. The summed E-state index contributed by atoms with van der Waals surface area (Å²) in [5.74, 6) is -0.199. The number of sulfonamides is 1. The molecule has 0 aromatic heterocycles. The molecule has 1 N–H and O–H groups in total. The first-order chi connectivity index (χ1) is 15.8. The molecule has 7 nitrogen and oxygen atoms in total. The summed E-state index contributed by atoms with van der Waals surface area (Å²) in [7, 11) is -2.60. The number of carbonyl (C=O) groups excluding carboxylic acids is 1.